The van der Waals surface area contributed by atoms with Gasteiger partial charge in [-0.2, -0.15) is 0 Å². The molecule has 1 aliphatic rings. The van der Waals surface area contributed by atoms with Crippen molar-refractivity contribution in [1.82, 2.24) is 4.98 Å². The Morgan fingerprint density at radius 3 is 2.18 bits per heavy atom. The number of amides is 2. The predicted molar refractivity (Wildman–Crippen MR) is 193 cm³/mol. The quantitative estimate of drug-likeness (QED) is 0.0461. The average Bonchev–Trinajstić information content (AvgIpc) is 3.13. The molecule has 0 spiro atoms. The number of nitrogens with one attached hydrogen (secondary N) is 2. The van der Waals surface area contributed by atoms with Gasteiger partial charge in [0.2, 0.25) is 11.8 Å². The Balaban J connectivity index is 1.11. The van der Waals surface area contributed by atoms with Gasteiger partial charge in [0.25, 0.3) is 0 Å². The maximum Gasteiger partial charge on any atom is 0.338 e. The second-order valence-corrected chi connectivity index (χ2v) is 13.1. The molecule has 0 aliphatic carbocycles. The van der Waals surface area contributed by atoms with Crippen molar-refractivity contribution in [3.8, 4) is 0 Å². The number of anilines is 3. The Hall–Kier alpha value is -4.75. The third-order valence-electron chi connectivity index (χ3n) is 8.28. The van der Waals surface area contributed by atoms with Gasteiger partial charge in [0.15, 0.2) is 6.29 Å². The standard InChI is InChI=1S/C38H42N4O7S/c39-31-9-5-6-10-32(31)42-35(45)12-4-2-1-3-11-34(44)41-28-19-17-27(18-20-28)38-48-29(24-50-36-30(37(46)47)8-7-21-40-36)22-33(49-38)26-15-13-25(23-43)14-16-26/h5-10,13-21,29,33,38,43H,1-4,11-12,22-24,39H2,(H,41,44)(H,42,45)(H,46,47)/t29-,33+,38+/m1/s1. The zero-order chi connectivity index (χ0) is 35.3. The Bertz CT molecular complexity index is 1740. The van der Waals surface area contributed by atoms with E-state index in [4.69, 9.17) is 15.2 Å². The molecule has 6 N–H and O–H groups in total. The van der Waals surface area contributed by atoms with Gasteiger partial charge < -0.3 is 36.1 Å². The van der Waals surface area contributed by atoms with E-state index in [1.807, 2.05) is 60.7 Å². The molecule has 1 aromatic heterocycles. The van der Waals surface area contributed by atoms with Crippen LogP contribution in [0.1, 0.15) is 84.4 Å². The number of pyridine rings is 1. The molecule has 0 unspecified atom stereocenters. The van der Waals surface area contributed by atoms with Crippen molar-refractivity contribution in [1.29, 1.82) is 0 Å². The van der Waals surface area contributed by atoms with Gasteiger partial charge in [-0.25, -0.2) is 9.78 Å². The lowest BCUT2D eigenvalue weighted by molar-refractivity contribution is -0.245. The van der Waals surface area contributed by atoms with Crippen LogP contribution in [0, 0.1) is 0 Å². The van der Waals surface area contributed by atoms with Gasteiger partial charge in [0, 0.05) is 42.5 Å². The first kappa shape index (κ1) is 36.5. The number of ether oxygens (including phenoxy) is 2. The lowest BCUT2D eigenvalue weighted by Crippen LogP contribution is -2.31. The van der Waals surface area contributed by atoms with E-state index < -0.39 is 12.3 Å². The van der Waals surface area contributed by atoms with Gasteiger partial charge >= 0.3 is 5.97 Å². The molecule has 4 aromatic rings. The van der Waals surface area contributed by atoms with Crippen LogP contribution < -0.4 is 16.4 Å². The van der Waals surface area contributed by atoms with Gasteiger partial charge in [0.1, 0.15) is 5.03 Å². The number of hydrogen-bond acceptors (Lipinski definition) is 9. The van der Waals surface area contributed by atoms with E-state index >= 15 is 0 Å². The first-order valence-electron chi connectivity index (χ1n) is 16.6. The molecule has 5 rings (SSSR count). The van der Waals surface area contributed by atoms with Crippen LogP contribution in [0.15, 0.2) is 96.2 Å². The number of thioether (sulfide) groups is 1. The number of carboxylic acids is 1. The van der Waals surface area contributed by atoms with Crippen LogP contribution >= 0.6 is 11.8 Å². The molecule has 0 radical (unpaired) electrons. The zero-order valence-electron chi connectivity index (χ0n) is 27.6. The lowest BCUT2D eigenvalue weighted by atomic mass is 10.0. The third kappa shape index (κ3) is 10.6. The molecule has 50 heavy (non-hydrogen) atoms. The summed E-state index contributed by atoms with van der Waals surface area (Å²) in [6.45, 7) is -0.0537. The molecule has 1 aliphatic heterocycles. The smallest absolute Gasteiger partial charge is 0.338 e. The number of unbranched alkanes of at least 4 members (excludes halogenated alkanes) is 3. The van der Waals surface area contributed by atoms with Gasteiger partial charge in [-0.1, -0.05) is 61.4 Å². The number of carbonyl (C=O) groups excluding carboxylic acids is 2. The Labute approximate surface area is 295 Å². The van der Waals surface area contributed by atoms with Crippen LogP contribution in [0.5, 0.6) is 0 Å². The lowest BCUT2D eigenvalue weighted by Gasteiger charge is -2.36. The summed E-state index contributed by atoms with van der Waals surface area (Å²) in [5.41, 5.74) is 10.4. The van der Waals surface area contributed by atoms with Gasteiger partial charge in [-0.15, -0.1) is 11.8 Å². The molecule has 3 aromatic carbocycles. The number of carbonyl (C=O) groups is 3. The van der Waals surface area contributed by atoms with E-state index in [0.29, 0.717) is 53.5 Å². The molecule has 0 saturated carbocycles. The molecular weight excluding hydrogens is 657 g/mol. The number of hydrogen-bond donors (Lipinski definition) is 5. The first-order chi connectivity index (χ1) is 24.3. The van der Waals surface area contributed by atoms with E-state index in [0.717, 1.165) is 36.0 Å². The van der Waals surface area contributed by atoms with Crippen LogP contribution in [-0.2, 0) is 25.7 Å². The van der Waals surface area contributed by atoms with Gasteiger partial charge in [-0.05, 0) is 60.4 Å². The number of carboxylic acid groups (broad SMARTS) is 1. The molecule has 262 valence electrons. The highest BCUT2D eigenvalue weighted by atomic mass is 32.2. The first-order valence-corrected chi connectivity index (χ1v) is 17.6. The van der Waals surface area contributed by atoms with Crippen molar-refractivity contribution in [2.75, 3.05) is 22.1 Å². The molecule has 12 heteroatoms. The van der Waals surface area contributed by atoms with Crippen molar-refractivity contribution in [3.05, 3.63) is 113 Å². The largest absolute Gasteiger partial charge is 0.478 e. The minimum atomic E-state index is -1.03. The Morgan fingerprint density at radius 2 is 1.50 bits per heavy atom. The summed E-state index contributed by atoms with van der Waals surface area (Å²) in [5.74, 6) is -0.730. The minimum absolute atomic E-state index is 0.0537. The Kier molecular flexibility index (Phi) is 13.4. The fraction of sp³-hybridized carbons (Fsp3) is 0.316. The Morgan fingerprint density at radius 1 is 0.820 bits per heavy atom. The van der Waals surface area contributed by atoms with Crippen LogP contribution in [-0.4, -0.2) is 44.8 Å². The van der Waals surface area contributed by atoms with Crippen LogP contribution in [0.2, 0.25) is 0 Å². The summed E-state index contributed by atoms with van der Waals surface area (Å²) in [5, 5.41) is 25.3. The van der Waals surface area contributed by atoms with E-state index in [2.05, 4.69) is 15.6 Å². The zero-order valence-corrected chi connectivity index (χ0v) is 28.4. The molecule has 1 saturated heterocycles. The number of para-hydroxylation sites is 2. The minimum Gasteiger partial charge on any atom is -0.478 e. The predicted octanol–water partition coefficient (Wildman–Crippen LogP) is 7.11. The summed E-state index contributed by atoms with van der Waals surface area (Å²) in [6.07, 6.45) is 4.74. The van der Waals surface area contributed by atoms with Crippen molar-refractivity contribution >= 4 is 46.6 Å². The van der Waals surface area contributed by atoms with E-state index in [9.17, 15) is 24.6 Å². The van der Waals surface area contributed by atoms with Gasteiger partial charge in [0.05, 0.1) is 35.8 Å². The third-order valence-corrected chi connectivity index (χ3v) is 9.42. The summed E-state index contributed by atoms with van der Waals surface area (Å²) < 4.78 is 12.8. The van der Waals surface area contributed by atoms with Gasteiger partial charge in [-0.3, -0.25) is 9.59 Å². The number of aromatic nitrogens is 1. The summed E-state index contributed by atoms with van der Waals surface area (Å²) in [7, 11) is 0. The summed E-state index contributed by atoms with van der Waals surface area (Å²) >= 11 is 1.33. The molecule has 0 bridgehead atoms. The fourth-order valence-electron chi connectivity index (χ4n) is 5.56. The molecule has 3 atom stereocenters. The molecule has 1 fully saturated rings. The van der Waals surface area contributed by atoms with Crippen molar-refractivity contribution in [2.24, 2.45) is 0 Å². The van der Waals surface area contributed by atoms with E-state index in [1.54, 1.807) is 24.4 Å². The molecule has 2 amide bonds. The number of nitrogen functional groups attached to an aromatic ring is 1. The normalized spacial score (nSPS) is 17.2. The monoisotopic (exact) mass is 698 g/mol. The summed E-state index contributed by atoms with van der Waals surface area (Å²) in [4.78, 5) is 40.8. The maximum atomic E-state index is 12.6. The van der Waals surface area contributed by atoms with Crippen molar-refractivity contribution in [2.45, 2.75) is 75.1 Å². The molecular formula is C38H42N4O7S. The highest BCUT2D eigenvalue weighted by molar-refractivity contribution is 7.99. The second kappa shape index (κ2) is 18.3. The van der Waals surface area contributed by atoms with Crippen molar-refractivity contribution in [3.63, 3.8) is 0 Å². The average molecular weight is 699 g/mol. The topological polar surface area (TPSA) is 173 Å². The second-order valence-electron chi connectivity index (χ2n) is 12.0. The summed E-state index contributed by atoms with van der Waals surface area (Å²) in [6, 6.07) is 25.2. The maximum absolute atomic E-state index is 12.6. The van der Waals surface area contributed by atoms with Crippen LogP contribution in [0.25, 0.3) is 0 Å². The van der Waals surface area contributed by atoms with E-state index in [1.165, 1.54) is 17.8 Å². The van der Waals surface area contributed by atoms with E-state index in [-0.39, 0.29) is 36.2 Å². The number of aliphatic hydroxyl groups excluding tert-OH is 1. The molecule has 11 nitrogen and oxygen atoms in total. The fourth-order valence-corrected chi connectivity index (χ4v) is 6.56. The highest BCUT2D eigenvalue weighted by Gasteiger charge is 2.32. The number of aromatic carboxylic acids is 1. The SMILES string of the molecule is Nc1ccccc1NC(=O)CCCCCCC(=O)Nc1ccc([C@H]2O[C@@H](CSc3ncccc3C(=O)O)C[C@@H](c3ccc(CO)cc3)O2)cc1. The number of rotatable bonds is 16. The highest BCUT2D eigenvalue weighted by Crippen LogP contribution is 2.39. The number of aliphatic hydroxyl groups is 1. The number of nitrogens with zero attached hydrogens (tertiary/aromatic N) is 1. The number of benzene rings is 3. The van der Waals surface area contributed by atoms with Crippen molar-refractivity contribution < 1.29 is 34.1 Å². The number of nitrogens with two attached hydrogens (primary N) is 1. The van der Waals surface area contributed by atoms with Crippen LogP contribution in [0.4, 0.5) is 17.1 Å². The van der Waals surface area contributed by atoms with Crippen LogP contribution in [0.3, 0.4) is 0 Å². The molecule has 2 heterocycles.